The second kappa shape index (κ2) is 7.92. The number of esters is 1. The van der Waals surface area contributed by atoms with Gasteiger partial charge in [0.2, 0.25) is 10.0 Å². The Bertz CT molecular complexity index is 613. The van der Waals surface area contributed by atoms with Crippen LogP contribution in [0.3, 0.4) is 0 Å². The summed E-state index contributed by atoms with van der Waals surface area (Å²) >= 11 is 0. The van der Waals surface area contributed by atoms with Gasteiger partial charge in [0, 0.05) is 12.1 Å². The van der Waals surface area contributed by atoms with E-state index in [2.05, 4.69) is 9.46 Å². The molecule has 1 saturated carbocycles. The maximum atomic E-state index is 12.5. The first-order valence-corrected chi connectivity index (χ1v) is 8.37. The molecule has 0 aromatic heterocycles. The lowest BCUT2D eigenvalue weighted by molar-refractivity contribution is 0.0596. The number of methoxy groups -OCH3 is 1. The maximum absolute atomic E-state index is 12.5. The lowest BCUT2D eigenvalue weighted by atomic mass is 9.93. The molecule has 0 bridgehead atoms. The monoisotopic (exact) mass is 348 g/mol. The molecule has 8 heteroatoms. The molecule has 0 amide bonds. The Balaban J connectivity index is 0.00000242. The number of nitrogens with two attached hydrogens (primary N) is 1. The van der Waals surface area contributed by atoms with Gasteiger partial charge in [0.15, 0.2) is 0 Å². The van der Waals surface area contributed by atoms with Gasteiger partial charge in [0.05, 0.1) is 17.6 Å². The highest BCUT2D eigenvalue weighted by atomic mass is 35.5. The number of hydrogen-bond donors (Lipinski definition) is 2. The summed E-state index contributed by atoms with van der Waals surface area (Å²) in [6.07, 6.45) is 3.01. The minimum absolute atomic E-state index is 0. The second-order valence-electron chi connectivity index (χ2n) is 5.22. The first kappa shape index (κ1) is 18.9. The van der Waals surface area contributed by atoms with Crippen LogP contribution >= 0.6 is 12.4 Å². The second-order valence-corrected chi connectivity index (χ2v) is 6.90. The Kier molecular flexibility index (Phi) is 6.80. The zero-order valence-electron chi connectivity index (χ0n) is 12.3. The van der Waals surface area contributed by atoms with Crippen LogP contribution in [0.15, 0.2) is 29.2 Å². The molecule has 0 unspecified atom stereocenters. The number of carbonyl (C=O) groups excluding carboxylic acids is 1. The van der Waals surface area contributed by atoms with Crippen LogP contribution in [0.1, 0.15) is 36.0 Å². The summed E-state index contributed by atoms with van der Waals surface area (Å²) in [5, 5.41) is 0. The van der Waals surface area contributed by atoms with Crippen molar-refractivity contribution in [2.24, 2.45) is 5.73 Å². The van der Waals surface area contributed by atoms with Gasteiger partial charge in [-0.25, -0.2) is 17.9 Å². The van der Waals surface area contributed by atoms with Crippen molar-refractivity contribution in [3.63, 3.8) is 0 Å². The van der Waals surface area contributed by atoms with Crippen LogP contribution in [-0.2, 0) is 14.8 Å². The van der Waals surface area contributed by atoms with Gasteiger partial charge in [-0.15, -0.1) is 12.4 Å². The predicted octanol–water partition coefficient (Wildman–Crippen LogP) is 1.44. The summed E-state index contributed by atoms with van der Waals surface area (Å²) in [4.78, 5) is 11.6. The van der Waals surface area contributed by atoms with Crippen molar-refractivity contribution in [1.29, 1.82) is 0 Å². The molecular weight excluding hydrogens is 328 g/mol. The molecule has 1 aliphatic rings. The summed E-state index contributed by atoms with van der Waals surface area (Å²) in [6.45, 7) is 0. The fourth-order valence-corrected chi connectivity index (χ4v) is 4.00. The topological polar surface area (TPSA) is 98.5 Å². The van der Waals surface area contributed by atoms with Crippen molar-refractivity contribution >= 4 is 28.4 Å². The number of hydrogen-bond acceptors (Lipinski definition) is 5. The van der Waals surface area contributed by atoms with E-state index in [0.29, 0.717) is 12.8 Å². The van der Waals surface area contributed by atoms with Crippen LogP contribution in [0.2, 0.25) is 0 Å². The van der Waals surface area contributed by atoms with Crippen molar-refractivity contribution < 1.29 is 17.9 Å². The molecule has 22 heavy (non-hydrogen) atoms. The Labute approximate surface area is 136 Å². The van der Waals surface area contributed by atoms with E-state index in [1.807, 2.05) is 0 Å². The minimum Gasteiger partial charge on any atom is -0.465 e. The molecule has 124 valence electrons. The number of sulfonamides is 1. The molecule has 1 fully saturated rings. The van der Waals surface area contributed by atoms with E-state index in [4.69, 9.17) is 5.73 Å². The molecule has 0 atom stereocenters. The Morgan fingerprint density at radius 3 is 2.41 bits per heavy atom. The van der Waals surface area contributed by atoms with Crippen LogP contribution in [-0.4, -0.2) is 33.6 Å². The SMILES string of the molecule is COC(=O)c1ccccc1S(=O)(=O)NC1CCC(N)CC1.Cl. The number of benzene rings is 1. The van der Waals surface area contributed by atoms with Crippen LogP contribution in [0.4, 0.5) is 0 Å². The number of carbonyl (C=O) groups is 1. The van der Waals surface area contributed by atoms with E-state index in [1.165, 1.54) is 19.2 Å². The minimum atomic E-state index is -3.75. The first-order chi connectivity index (χ1) is 9.94. The van der Waals surface area contributed by atoms with Gasteiger partial charge in [-0.3, -0.25) is 0 Å². The number of halogens is 1. The standard InChI is InChI=1S/C14H20N2O4S.ClH/c1-20-14(17)12-4-2-3-5-13(12)21(18,19)16-11-8-6-10(15)7-9-11;/h2-5,10-11,16H,6-9,15H2,1H3;1H. The molecule has 0 heterocycles. The van der Waals surface area contributed by atoms with E-state index in [-0.39, 0.29) is 34.9 Å². The summed E-state index contributed by atoms with van der Waals surface area (Å²) in [7, 11) is -2.53. The quantitative estimate of drug-likeness (QED) is 0.802. The molecule has 0 saturated heterocycles. The third kappa shape index (κ3) is 4.42. The van der Waals surface area contributed by atoms with Gasteiger partial charge in [-0.2, -0.15) is 0 Å². The van der Waals surface area contributed by atoms with Gasteiger partial charge in [0.25, 0.3) is 0 Å². The number of nitrogens with one attached hydrogen (secondary N) is 1. The molecule has 0 spiro atoms. The average Bonchev–Trinajstić information content (AvgIpc) is 2.48. The maximum Gasteiger partial charge on any atom is 0.339 e. The van der Waals surface area contributed by atoms with Gasteiger partial charge >= 0.3 is 5.97 Å². The van der Waals surface area contributed by atoms with E-state index in [0.717, 1.165) is 12.8 Å². The fourth-order valence-electron chi connectivity index (χ4n) is 2.50. The van der Waals surface area contributed by atoms with E-state index < -0.39 is 16.0 Å². The molecular formula is C14H21ClN2O4S. The Hall–Kier alpha value is -1.15. The third-order valence-corrected chi connectivity index (χ3v) is 5.25. The highest BCUT2D eigenvalue weighted by Crippen LogP contribution is 2.21. The average molecular weight is 349 g/mol. The largest absolute Gasteiger partial charge is 0.465 e. The van der Waals surface area contributed by atoms with Crippen LogP contribution in [0.25, 0.3) is 0 Å². The van der Waals surface area contributed by atoms with Crippen LogP contribution in [0.5, 0.6) is 0 Å². The fraction of sp³-hybridized carbons (Fsp3) is 0.500. The van der Waals surface area contributed by atoms with E-state index in [1.54, 1.807) is 12.1 Å². The van der Waals surface area contributed by atoms with Crippen molar-refractivity contribution in [2.45, 2.75) is 42.7 Å². The van der Waals surface area contributed by atoms with Crippen molar-refractivity contribution in [3.8, 4) is 0 Å². The molecule has 0 radical (unpaired) electrons. The highest BCUT2D eigenvalue weighted by molar-refractivity contribution is 7.89. The smallest absolute Gasteiger partial charge is 0.339 e. The van der Waals surface area contributed by atoms with Gasteiger partial charge < -0.3 is 10.5 Å². The molecule has 1 aromatic rings. The molecule has 1 aliphatic carbocycles. The summed E-state index contributed by atoms with van der Waals surface area (Å²) in [6, 6.07) is 6.04. The third-order valence-electron chi connectivity index (χ3n) is 3.68. The summed E-state index contributed by atoms with van der Waals surface area (Å²) in [5.41, 5.74) is 5.86. The molecule has 0 aliphatic heterocycles. The normalized spacial score (nSPS) is 21.7. The lowest BCUT2D eigenvalue weighted by Crippen LogP contribution is -2.40. The lowest BCUT2D eigenvalue weighted by Gasteiger charge is -2.26. The summed E-state index contributed by atoms with van der Waals surface area (Å²) in [5.74, 6) is -0.665. The zero-order chi connectivity index (χ0) is 15.5. The number of rotatable bonds is 4. The molecule has 6 nitrogen and oxygen atoms in total. The zero-order valence-corrected chi connectivity index (χ0v) is 14.0. The van der Waals surface area contributed by atoms with E-state index >= 15 is 0 Å². The van der Waals surface area contributed by atoms with Gasteiger partial charge in [-0.05, 0) is 37.8 Å². The van der Waals surface area contributed by atoms with Crippen molar-refractivity contribution in [3.05, 3.63) is 29.8 Å². The van der Waals surface area contributed by atoms with Crippen molar-refractivity contribution in [2.75, 3.05) is 7.11 Å². The summed E-state index contributed by atoms with van der Waals surface area (Å²) < 4.78 is 32.2. The van der Waals surface area contributed by atoms with Crippen LogP contribution in [0, 0.1) is 0 Å². The first-order valence-electron chi connectivity index (χ1n) is 6.89. The van der Waals surface area contributed by atoms with Gasteiger partial charge in [0.1, 0.15) is 0 Å². The molecule has 1 aromatic carbocycles. The Morgan fingerprint density at radius 1 is 1.23 bits per heavy atom. The highest BCUT2D eigenvalue weighted by Gasteiger charge is 2.27. The van der Waals surface area contributed by atoms with Crippen molar-refractivity contribution in [1.82, 2.24) is 4.72 Å². The predicted molar refractivity (Wildman–Crippen MR) is 85.6 cm³/mol. The molecule has 2 rings (SSSR count). The van der Waals surface area contributed by atoms with Crippen LogP contribution < -0.4 is 10.5 Å². The molecule has 3 N–H and O–H groups in total. The Morgan fingerprint density at radius 2 is 1.82 bits per heavy atom. The van der Waals surface area contributed by atoms with Gasteiger partial charge in [-0.1, -0.05) is 12.1 Å². The number of ether oxygens (including phenoxy) is 1. The van der Waals surface area contributed by atoms with E-state index in [9.17, 15) is 13.2 Å².